The van der Waals surface area contributed by atoms with E-state index in [9.17, 15) is 0 Å². The van der Waals surface area contributed by atoms with Gasteiger partial charge in [-0.25, -0.2) is 4.98 Å². The minimum absolute atomic E-state index is 0.580. The van der Waals surface area contributed by atoms with Crippen molar-refractivity contribution in [3.63, 3.8) is 0 Å². The molecule has 0 radical (unpaired) electrons. The molecule has 20 heavy (non-hydrogen) atoms. The SMILES string of the molecule is Cc1nc2ccc(NCc3c(Cl)cccc3Cl)cc2[nH]1. The number of imidazole rings is 1. The standard InChI is InChI=1S/C15H13Cl2N3/c1-9-19-14-6-5-10(7-15(14)20-9)18-8-11-12(16)3-2-4-13(11)17/h2-7,18H,8H2,1H3,(H,19,20). The first-order chi connectivity index (χ1) is 9.63. The summed E-state index contributed by atoms with van der Waals surface area (Å²) >= 11 is 12.3. The quantitative estimate of drug-likeness (QED) is 0.730. The van der Waals surface area contributed by atoms with Gasteiger partial charge >= 0.3 is 0 Å². The van der Waals surface area contributed by atoms with Crippen LogP contribution >= 0.6 is 23.2 Å². The first-order valence-corrected chi connectivity index (χ1v) is 7.02. The summed E-state index contributed by atoms with van der Waals surface area (Å²) in [5.41, 5.74) is 3.87. The molecule has 0 spiro atoms. The van der Waals surface area contributed by atoms with Crippen LogP contribution in [0.1, 0.15) is 11.4 Å². The molecule has 1 heterocycles. The van der Waals surface area contributed by atoms with Crippen molar-refractivity contribution in [1.29, 1.82) is 0 Å². The van der Waals surface area contributed by atoms with Crippen molar-refractivity contribution < 1.29 is 0 Å². The highest BCUT2D eigenvalue weighted by atomic mass is 35.5. The van der Waals surface area contributed by atoms with Crippen LogP contribution < -0.4 is 5.32 Å². The van der Waals surface area contributed by atoms with Gasteiger partial charge in [0.25, 0.3) is 0 Å². The first kappa shape index (κ1) is 13.3. The summed E-state index contributed by atoms with van der Waals surface area (Å²) < 4.78 is 0. The second kappa shape index (κ2) is 5.35. The van der Waals surface area contributed by atoms with E-state index in [1.165, 1.54) is 0 Å². The molecule has 3 aromatic rings. The number of hydrogen-bond acceptors (Lipinski definition) is 2. The van der Waals surface area contributed by atoms with Crippen molar-refractivity contribution in [2.45, 2.75) is 13.5 Å². The van der Waals surface area contributed by atoms with E-state index in [0.717, 1.165) is 28.1 Å². The summed E-state index contributed by atoms with van der Waals surface area (Å²) in [5, 5.41) is 4.67. The largest absolute Gasteiger partial charge is 0.381 e. The van der Waals surface area contributed by atoms with Gasteiger partial charge in [-0.05, 0) is 37.3 Å². The normalized spacial score (nSPS) is 10.9. The molecular weight excluding hydrogens is 293 g/mol. The highest BCUT2D eigenvalue weighted by molar-refractivity contribution is 6.36. The molecule has 3 rings (SSSR count). The Morgan fingerprint density at radius 2 is 1.90 bits per heavy atom. The van der Waals surface area contributed by atoms with Crippen LogP contribution in [0, 0.1) is 6.92 Å². The van der Waals surface area contributed by atoms with Gasteiger partial charge in [0.1, 0.15) is 5.82 Å². The van der Waals surface area contributed by atoms with Crippen LogP contribution in [-0.4, -0.2) is 9.97 Å². The highest BCUT2D eigenvalue weighted by Crippen LogP contribution is 2.25. The second-order valence-electron chi connectivity index (χ2n) is 4.61. The maximum absolute atomic E-state index is 6.15. The van der Waals surface area contributed by atoms with Crippen molar-refractivity contribution >= 4 is 39.9 Å². The number of anilines is 1. The molecule has 0 amide bonds. The minimum atomic E-state index is 0.580. The number of benzene rings is 2. The van der Waals surface area contributed by atoms with Gasteiger partial charge in [0.2, 0.25) is 0 Å². The molecule has 5 heteroatoms. The van der Waals surface area contributed by atoms with Gasteiger partial charge in [-0.15, -0.1) is 0 Å². The van der Waals surface area contributed by atoms with E-state index in [0.29, 0.717) is 16.6 Å². The number of halogens is 2. The van der Waals surface area contributed by atoms with Gasteiger partial charge in [0.15, 0.2) is 0 Å². The third kappa shape index (κ3) is 2.60. The Labute approximate surface area is 126 Å². The lowest BCUT2D eigenvalue weighted by Gasteiger charge is -2.09. The molecule has 0 atom stereocenters. The molecule has 0 fully saturated rings. The molecule has 1 aromatic heterocycles. The van der Waals surface area contributed by atoms with Gasteiger partial charge in [0, 0.05) is 27.8 Å². The van der Waals surface area contributed by atoms with Crippen molar-refractivity contribution in [3.05, 3.63) is 57.8 Å². The van der Waals surface area contributed by atoms with E-state index >= 15 is 0 Å². The molecule has 0 saturated carbocycles. The third-order valence-electron chi connectivity index (χ3n) is 3.13. The summed E-state index contributed by atoms with van der Waals surface area (Å²) in [6.45, 7) is 2.52. The molecule has 0 aliphatic rings. The number of aryl methyl sites for hydroxylation is 1. The highest BCUT2D eigenvalue weighted by Gasteiger charge is 2.06. The van der Waals surface area contributed by atoms with E-state index in [4.69, 9.17) is 23.2 Å². The number of aromatic amines is 1. The van der Waals surface area contributed by atoms with Crippen molar-refractivity contribution in [3.8, 4) is 0 Å². The Balaban J connectivity index is 1.83. The van der Waals surface area contributed by atoms with Crippen LogP contribution in [-0.2, 0) is 6.54 Å². The molecule has 102 valence electrons. The van der Waals surface area contributed by atoms with E-state index in [1.807, 2.05) is 43.3 Å². The number of fused-ring (bicyclic) bond motifs is 1. The van der Waals surface area contributed by atoms with E-state index in [2.05, 4.69) is 15.3 Å². The number of nitrogens with zero attached hydrogens (tertiary/aromatic N) is 1. The van der Waals surface area contributed by atoms with Crippen LogP contribution in [0.3, 0.4) is 0 Å². The number of aromatic nitrogens is 2. The lowest BCUT2D eigenvalue weighted by Crippen LogP contribution is -2.00. The zero-order chi connectivity index (χ0) is 14.1. The predicted molar refractivity (Wildman–Crippen MR) is 84.6 cm³/mol. The van der Waals surface area contributed by atoms with E-state index < -0.39 is 0 Å². The van der Waals surface area contributed by atoms with Gasteiger partial charge in [-0.2, -0.15) is 0 Å². The third-order valence-corrected chi connectivity index (χ3v) is 3.84. The van der Waals surface area contributed by atoms with Crippen molar-refractivity contribution in [2.75, 3.05) is 5.32 Å². The van der Waals surface area contributed by atoms with Gasteiger partial charge in [-0.3, -0.25) is 0 Å². The lowest BCUT2D eigenvalue weighted by atomic mass is 10.2. The average molecular weight is 306 g/mol. The van der Waals surface area contributed by atoms with E-state index in [-0.39, 0.29) is 0 Å². The van der Waals surface area contributed by atoms with Gasteiger partial charge in [0.05, 0.1) is 11.0 Å². The smallest absolute Gasteiger partial charge is 0.104 e. The fourth-order valence-corrected chi connectivity index (χ4v) is 2.67. The average Bonchev–Trinajstić information content (AvgIpc) is 2.77. The molecule has 2 N–H and O–H groups in total. The Morgan fingerprint density at radius 3 is 2.65 bits per heavy atom. The lowest BCUT2D eigenvalue weighted by molar-refractivity contribution is 1.15. The fourth-order valence-electron chi connectivity index (χ4n) is 2.14. The first-order valence-electron chi connectivity index (χ1n) is 6.26. The Bertz CT molecular complexity index is 745. The van der Waals surface area contributed by atoms with Crippen LogP contribution in [0.2, 0.25) is 10.0 Å². The van der Waals surface area contributed by atoms with Gasteiger partial charge in [-0.1, -0.05) is 29.3 Å². The molecule has 0 unspecified atom stereocenters. The zero-order valence-corrected chi connectivity index (χ0v) is 12.4. The summed E-state index contributed by atoms with van der Waals surface area (Å²) in [5.74, 6) is 0.909. The molecule has 0 aliphatic carbocycles. The number of rotatable bonds is 3. The van der Waals surface area contributed by atoms with Gasteiger partial charge < -0.3 is 10.3 Å². The Kier molecular flexibility index (Phi) is 3.55. The minimum Gasteiger partial charge on any atom is -0.381 e. The van der Waals surface area contributed by atoms with Crippen LogP contribution in [0.25, 0.3) is 11.0 Å². The molecular formula is C15H13Cl2N3. The molecule has 0 aliphatic heterocycles. The molecule has 0 saturated heterocycles. The number of H-pyrrole nitrogens is 1. The van der Waals surface area contributed by atoms with Crippen molar-refractivity contribution in [1.82, 2.24) is 9.97 Å². The van der Waals surface area contributed by atoms with Crippen LogP contribution in [0.4, 0.5) is 5.69 Å². The maximum Gasteiger partial charge on any atom is 0.104 e. The Hall–Kier alpha value is -1.71. The number of hydrogen-bond donors (Lipinski definition) is 2. The van der Waals surface area contributed by atoms with Crippen LogP contribution in [0.5, 0.6) is 0 Å². The summed E-state index contributed by atoms with van der Waals surface area (Å²) in [6.07, 6.45) is 0. The zero-order valence-electron chi connectivity index (χ0n) is 10.9. The second-order valence-corrected chi connectivity index (χ2v) is 5.42. The predicted octanol–water partition coefficient (Wildman–Crippen LogP) is 4.79. The maximum atomic E-state index is 6.15. The molecule has 0 bridgehead atoms. The van der Waals surface area contributed by atoms with Crippen molar-refractivity contribution in [2.24, 2.45) is 0 Å². The van der Waals surface area contributed by atoms with Crippen LogP contribution in [0.15, 0.2) is 36.4 Å². The molecule has 2 aromatic carbocycles. The fraction of sp³-hybridized carbons (Fsp3) is 0.133. The summed E-state index contributed by atoms with van der Waals surface area (Å²) in [7, 11) is 0. The summed E-state index contributed by atoms with van der Waals surface area (Å²) in [4.78, 5) is 7.59. The Morgan fingerprint density at radius 1 is 1.15 bits per heavy atom. The van der Waals surface area contributed by atoms with E-state index in [1.54, 1.807) is 0 Å². The molecule has 3 nitrogen and oxygen atoms in total. The topological polar surface area (TPSA) is 40.7 Å². The monoisotopic (exact) mass is 305 g/mol. The summed E-state index contributed by atoms with van der Waals surface area (Å²) in [6, 6.07) is 11.5. The number of nitrogens with one attached hydrogen (secondary N) is 2.